The zero-order chi connectivity index (χ0) is 12.8. The van der Waals surface area contributed by atoms with Gasteiger partial charge < -0.3 is 9.88 Å². The molecule has 1 N–H and O–H groups in total. The van der Waals surface area contributed by atoms with Crippen molar-refractivity contribution in [2.24, 2.45) is 0 Å². The van der Waals surface area contributed by atoms with Crippen molar-refractivity contribution in [1.29, 1.82) is 0 Å². The molecule has 1 heterocycles. The molecule has 1 aromatic heterocycles. The van der Waals surface area contributed by atoms with Crippen molar-refractivity contribution < 1.29 is 4.79 Å². The van der Waals surface area contributed by atoms with Crippen LogP contribution in [0.2, 0.25) is 0 Å². The van der Waals surface area contributed by atoms with Gasteiger partial charge in [0.25, 0.3) is 0 Å². The third-order valence-electron chi connectivity index (χ3n) is 2.60. The van der Waals surface area contributed by atoms with E-state index in [1.54, 1.807) is 12.5 Å². The van der Waals surface area contributed by atoms with Crippen molar-refractivity contribution in [3.63, 3.8) is 0 Å². The van der Waals surface area contributed by atoms with Crippen molar-refractivity contribution in [1.82, 2.24) is 14.9 Å². The average molecular weight is 241 g/mol. The SMILES string of the molecule is C=CC(=O)NCc1ccc(Cn2ccnc2)cc1. The van der Waals surface area contributed by atoms with Gasteiger partial charge in [0.05, 0.1) is 6.33 Å². The number of amides is 1. The first-order chi connectivity index (χ1) is 8.78. The Morgan fingerprint density at radius 3 is 2.67 bits per heavy atom. The van der Waals surface area contributed by atoms with Crippen LogP contribution in [0.15, 0.2) is 55.6 Å². The minimum Gasteiger partial charge on any atom is -0.348 e. The fourth-order valence-electron chi connectivity index (χ4n) is 1.61. The maximum Gasteiger partial charge on any atom is 0.243 e. The smallest absolute Gasteiger partial charge is 0.243 e. The highest BCUT2D eigenvalue weighted by Crippen LogP contribution is 2.06. The van der Waals surface area contributed by atoms with Crippen molar-refractivity contribution in [3.05, 3.63) is 66.8 Å². The number of rotatable bonds is 5. The molecule has 0 aliphatic carbocycles. The van der Waals surface area contributed by atoms with E-state index in [2.05, 4.69) is 29.0 Å². The number of imidazole rings is 1. The molecule has 0 fully saturated rings. The molecule has 2 rings (SSSR count). The highest BCUT2D eigenvalue weighted by atomic mass is 16.1. The summed E-state index contributed by atoms with van der Waals surface area (Å²) in [6.07, 6.45) is 6.75. The summed E-state index contributed by atoms with van der Waals surface area (Å²) in [6, 6.07) is 8.12. The fraction of sp³-hybridized carbons (Fsp3) is 0.143. The van der Waals surface area contributed by atoms with Gasteiger partial charge in [0.2, 0.25) is 5.91 Å². The first-order valence-corrected chi connectivity index (χ1v) is 5.72. The Kier molecular flexibility index (Phi) is 3.91. The van der Waals surface area contributed by atoms with E-state index in [4.69, 9.17) is 0 Å². The second-order valence-electron chi connectivity index (χ2n) is 3.97. The first-order valence-electron chi connectivity index (χ1n) is 5.72. The standard InChI is InChI=1S/C14H15N3O/c1-2-14(18)16-9-12-3-5-13(6-4-12)10-17-8-7-15-11-17/h2-8,11H,1,9-10H2,(H,16,18). The molecule has 0 unspecified atom stereocenters. The molecular formula is C14H15N3O. The Bertz CT molecular complexity index is 514. The summed E-state index contributed by atoms with van der Waals surface area (Å²) in [7, 11) is 0. The highest BCUT2D eigenvalue weighted by Gasteiger charge is 1.98. The van der Waals surface area contributed by atoms with Crippen LogP contribution in [0.5, 0.6) is 0 Å². The zero-order valence-electron chi connectivity index (χ0n) is 10.0. The van der Waals surface area contributed by atoms with Crippen LogP contribution in [0.1, 0.15) is 11.1 Å². The van der Waals surface area contributed by atoms with Crippen LogP contribution in [0.4, 0.5) is 0 Å². The number of carbonyl (C=O) groups is 1. The van der Waals surface area contributed by atoms with E-state index in [0.29, 0.717) is 6.54 Å². The van der Waals surface area contributed by atoms with E-state index in [9.17, 15) is 4.79 Å². The number of aromatic nitrogens is 2. The van der Waals surface area contributed by atoms with Crippen molar-refractivity contribution in [2.75, 3.05) is 0 Å². The number of nitrogens with one attached hydrogen (secondary N) is 1. The second kappa shape index (κ2) is 5.82. The molecule has 0 bridgehead atoms. The van der Waals surface area contributed by atoms with Gasteiger partial charge in [-0.15, -0.1) is 0 Å². The highest BCUT2D eigenvalue weighted by molar-refractivity contribution is 5.86. The van der Waals surface area contributed by atoms with Crippen LogP contribution in [0, 0.1) is 0 Å². The Morgan fingerprint density at radius 1 is 1.33 bits per heavy atom. The van der Waals surface area contributed by atoms with E-state index in [1.165, 1.54) is 11.6 Å². The topological polar surface area (TPSA) is 46.9 Å². The Morgan fingerprint density at radius 2 is 2.06 bits per heavy atom. The van der Waals surface area contributed by atoms with Gasteiger partial charge in [0.1, 0.15) is 0 Å². The minimum absolute atomic E-state index is 0.155. The average Bonchev–Trinajstić information content (AvgIpc) is 2.90. The molecule has 0 saturated carbocycles. The Hall–Kier alpha value is -2.36. The second-order valence-corrected chi connectivity index (χ2v) is 3.97. The van der Waals surface area contributed by atoms with Gasteiger partial charge in [-0.2, -0.15) is 0 Å². The third-order valence-corrected chi connectivity index (χ3v) is 2.60. The number of hydrogen-bond donors (Lipinski definition) is 1. The van der Waals surface area contributed by atoms with Gasteiger partial charge in [0, 0.05) is 25.5 Å². The number of hydrogen-bond acceptors (Lipinski definition) is 2. The maximum absolute atomic E-state index is 11.0. The van der Waals surface area contributed by atoms with Crippen molar-refractivity contribution in [2.45, 2.75) is 13.1 Å². The van der Waals surface area contributed by atoms with Gasteiger partial charge >= 0.3 is 0 Å². The van der Waals surface area contributed by atoms with Gasteiger partial charge in [-0.25, -0.2) is 4.98 Å². The van der Waals surface area contributed by atoms with E-state index in [-0.39, 0.29) is 5.91 Å². The summed E-state index contributed by atoms with van der Waals surface area (Å²) < 4.78 is 2.01. The van der Waals surface area contributed by atoms with Crippen LogP contribution >= 0.6 is 0 Å². The fourth-order valence-corrected chi connectivity index (χ4v) is 1.61. The lowest BCUT2D eigenvalue weighted by molar-refractivity contribution is -0.116. The van der Waals surface area contributed by atoms with Crippen LogP contribution in [0.3, 0.4) is 0 Å². The van der Waals surface area contributed by atoms with E-state index < -0.39 is 0 Å². The van der Waals surface area contributed by atoms with Gasteiger partial charge in [-0.1, -0.05) is 30.8 Å². The molecule has 0 aliphatic rings. The lowest BCUT2D eigenvalue weighted by atomic mass is 10.1. The monoisotopic (exact) mass is 241 g/mol. The summed E-state index contributed by atoms with van der Waals surface area (Å²) in [5, 5.41) is 2.74. The van der Waals surface area contributed by atoms with Crippen LogP contribution < -0.4 is 5.32 Å². The summed E-state index contributed by atoms with van der Waals surface area (Å²) in [6.45, 7) is 4.74. The molecule has 0 saturated heterocycles. The molecule has 92 valence electrons. The number of benzene rings is 1. The molecule has 4 nitrogen and oxygen atoms in total. The van der Waals surface area contributed by atoms with Crippen molar-refractivity contribution in [3.8, 4) is 0 Å². The summed E-state index contributed by atoms with van der Waals surface area (Å²) in [5.41, 5.74) is 2.27. The Balaban J connectivity index is 1.93. The summed E-state index contributed by atoms with van der Waals surface area (Å²) in [4.78, 5) is 15.0. The summed E-state index contributed by atoms with van der Waals surface area (Å²) in [5.74, 6) is -0.155. The van der Waals surface area contributed by atoms with Crippen molar-refractivity contribution >= 4 is 5.91 Å². The predicted octanol–water partition coefficient (Wildman–Crippen LogP) is 1.73. The summed E-state index contributed by atoms with van der Waals surface area (Å²) >= 11 is 0. The molecule has 1 amide bonds. The van der Waals surface area contributed by atoms with E-state index >= 15 is 0 Å². The van der Waals surface area contributed by atoms with Gasteiger partial charge in [-0.05, 0) is 17.2 Å². The molecule has 0 radical (unpaired) electrons. The number of carbonyl (C=O) groups excluding carboxylic acids is 1. The van der Waals surface area contributed by atoms with Crippen LogP contribution in [-0.2, 0) is 17.9 Å². The van der Waals surface area contributed by atoms with E-state index in [0.717, 1.165) is 12.1 Å². The van der Waals surface area contributed by atoms with Crippen LogP contribution in [0.25, 0.3) is 0 Å². The zero-order valence-corrected chi connectivity index (χ0v) is 10.0. The molecule has 1 aromatic carbocycles. The quantitative estimate of drug-likeness (QED) is 0.810. The predicted molar refractivity (Wildman–Crippen MR) is 69.8 cm³/mol. The van der Waals surface area contributed by atoms with Gasteiger partial charge in [-0.3, -0.25) is 4.79 Å². The van der Waals surface area contributed by atoms with E-state index in [1.807, 2.05) is 22.9 Å². The maximum atomic E-state index is 11.0. The molecule has 0 aliphatic heterocycles. The molecule has 2 aromatic rings. The molecular weight excluding hydrogens is 226 g/mol. The Labute approximate surface area is 106 Å². The normalized spacial score (nSPS) is 10.0. The first kappa shape index (κ1) is 12.1. The molecule has 18 heavy (non-hydrogen) atoms. The minimum atomic E-state index is -0.155. The molecule has 0 atom stereocenters. The lowest BCUT2D eigenvalue weighted by Gasteiger charge is -2.05. The molecule has 4 heteroatoms. The lowest BCUT2D eigenvalue weighted by Crippen LogP contribution is -2.19. The third kappa shape index (κ3) is 3.31. The number of nitrogens with zero attached hydrogens (tertiary/aromatic N) is 2. The largest absolute Gasteiger partial charge is 0.348 e. The van der Waals surface area contributed by atoms with Gasteiger partial charge in [0.15, 0.2) is 0 Å². The van der Waals surface area contributed by atoms with Crippen LogP contribution in [-0.4, -0.2) is 15.5 Å². The molecule has 0 spiro atoms.